The van der Waals surface area contributed by atoms with Crippen molar-refractivity contribution in [3.05, 3.63) is 87.8 Å². The molecule has 1 N–H and O–H groups in total. The Morgan fingerprint density at radius 3 is 2.56 bits per heavy atom. The van der Waals surface area contributed by atoms with Crippen molar-refractivity contribution in [1.82, 2.24) is 5.32 Å². The van der Waals surface area contributed by atoms with E-state index in [2.05, 4.69) is 5.32 Å². The zero-order valence-electron chi connectivity index (χ0n) is 16.5. The molecule has 0 radical (unpaired) electrons. The Morgan fingerprint density at radius 1 is 1.12 bits per heavy atom. The van der Waals surface area contributed by atoms with Gasteiger partial charge in [-0.3, -0.25) is 4.79 Å². The molecule has 0 bridgehead atoms. The molecule has 162 valence electrons. The molecular weight excluding hydrogens is 455 g/mol. The third-order valence-corrected chi connectivity index (χ3v) is 4.56. The molecule has 1 heterocycles. The first kappa shape index (κ1) is 22.9. The Morgan fingerprint density at radius 2 is 1.91 bits per heavy atom. The van der Waals surface area contributed by atoms with Crippen molar-refractivity contribution in [2.75, 3.05) is 6.61 Å². The molecule has 1 amide bonds. The SMILES string of the molecule is N#C/C(=C\c1ccc(OC(=O)COc2ccc(Cl)cc2Cl)cc1)C(=O)NCc1ccco1. The lowest BCUT2D eigenvalue weighted by atomic mass is 10.1. The highest BCUT2D eigenvalue weighted by Crippen LogP contribution is 2.27. The van der Waals surface area contributed by atoms with Crippen LogP contribution in [0.1, 0.15) is 11.3 Å². The van der Waals surface area contributed by atoms with Gasteiger partial charge in [0.1, 0.15) is 28.9 Å². The highest BCUT2D eigenvalue weighted by atomic mass is 35.5. The van der Waals surface area contributed by atoms with Gasteiger partial charge in [-0.25, -0.2) is 4.79 Å². The number of rotatable bonds is 8. The topological polar surface area (TPSA) is 102 Å². The van der Waals surface area contributed by atoms with Gasteiger partial charge in [0.15, 0.2) is 6.61 Å². The smallest absolute Gasteiger partial charge is 0.349 e. The Hall–Kier alpha value is -3.73. The van der Waals surface area contributed by atoms with E-state index in [0.29, 0.717) is 22.1 Å². The van der Waals surface area contributed by atoms with Gasteiger partial charge in [0.25, 0.3) is 5.91 Å². The zero-order chi connectivity index (χ0) is 22.9. The van der Waals surface area contributed by atoms with Gasteiger partial charge < -0.3 is 19.2 Å². The predicted molar refractivity (Wildman–Crippen MR) is 118 cm³/mol. The molecule has 0 saturated carbocycles. The van der Waals surface area contributed by atoms with Gasteiger partial charge in [0.05, 0.1) is 17.8 Å². The first-order chi connectivity index (χ1) is 15.4. The van der Waals surface area contributed by atoms with Crippen LogP contribution in [-0.4, -0.2) is 18.5 Å². The Labute approximate surface area is 193 Å². The average Bonchev–Trinajstić information content (AvgIpc) is 3.30. The monoisotopic (exact) mass is 470 g/mol. The summed E-state index contributed by atoms with van der Waals surface area (Å²) in [5, 5.41) is 12.6. The maximum atomic E-state index is 12.2. The highest BCUT2D eigenvalue weighted by molar-refractivity contribution is 6.35. The summed E-state index contributed by atoms with van der Waals surface area (Å²) in [6.07, 6.45) is 2.92. The van der Waals surface area contributed by atoms with E-state index in [1.807, 2.05) is 6.07 Å². The second-order valence-electron chi connectivity index (χ2n) is 6.34. The van der Waals surface area contributed by atoms with E-state index in [4.69, 9.17) is 37.1 Å². The Bertz CT molecular complexity index is 1170. The lowest BCUT2D eigenvalue weighted by Gasteiger charge is -2.08. The number of nitrogens with zero attached hydrogens (tertiary/aromatic N) is 1. The zero-order valence-corrected chi connectivity index (χ0v) is 18.0. The molecule has 3 rings (SSSR count). The largest absolute Gasteiger partial charge is 0.480 e. The molecule has 0 aliphatic rings. The van der Waals surface area contributed by atoms with Gasteiger partial charge in [-0.1, -0.05) is 35.3 Å². The van der Waals surface area contributed by atoms with Crippen LogP contribution >= 0.6 is 23.2 Å². The van der Waals surface area contributed by atoms with Gasteiger partial charge in [-0.15, -0.1) is 0 Å². The second kappa shape index (κ2) is 11.0. The molecule has 3 aromatic rings. The van der Waals surface area contributed by atoms with E-state index in [-0.39, 0.29) is 29.5 Å². The van der Waals surface area contributed by atoms with Crippen LogP contribution in [0.3, 0.4) is 0 Å². The number of esters is 1. The third kappa shape index (κ3) is 6.64. The molecule has 0 aliphatic heterocycles. The number of carbonyl (C=O) groups is 2. The number of carbonyl (C=O) groups excluding carboxylic acids is 2. The van der Waals surface area contributed by atoms with Crippen LogP contribution in [0.2, 0.25) is 10.0 Å². The number of hydrogen-bond acceptors (Lipinski definition) is 6. The van der Waals surface area contributed by atoms with Crippen LogP contribution < -0.4 is 14.8 Å². The summed E-state index contributed by atoms with van der Waals surface area (Å²) in [4.78, 5) is 24.2. The van der Waals surface area contributed by atoms with Crippen LogP contribution in [0.25, 0.3) is 6.08 Å². The lowest BCUT2D eigenvalue weighted by molar-refractivity contribution is -0.136. The summed E-state index contributed by atoms with van der Waals surface area (Å²) in [5.74, 6) is -0.00236. The van der Waals surface area contributed by atoms with E-state index in [0.717, 1.165) is 0 Å². The molecule has 9 heteroatoms. The number of nitrogens with one attached hydrogen (secondary N) is 1. The van der Waals surface area contributed by atoms with Gasteiger partial charge >= 0.3 is 5.97 Å². The second-order valence-corrected chi connectivity index (χ2v) is 7.18. The third-order valence-electron chi connectivity index (χ3n) is 4.03. The number of ether oxygens (including phenoxy) is 2. The van der Waals surface area contributed by atoms with Crippen LogP contribution in [0.5, 0.6) is 11.5 Å². The summed E-state index contributed by atoms with van der Waals surface area (Å²) >= 11 is 11.8. The number of hydrogen-bond donors (Lipinski definition) is 1. The van der Waals surface area contributed by atoms with Crippen molar-refractivity contribution in [2.24, 2.45) is 0 Å². The molecule has 7 nitrogen and oxygen atoms in total. The fourth-order valence-corrected chi connectivity index (χ4v) is 2.98. The Kier molecular flexibility index (Phi) is 7.92. The molecule has 0 spiro atoms. The van der Waals surface area contributed by atoms with Gasteiger partial charge in [0.2, 0.25) is 0 Å². The lowest BCUT2D eigenvalue weighted by Crippen LogP contribution is -2.23. The predicted octanol–water partition coefficient (Wildman–Crippen LogP) is 4.79. The quantitative estimate of drug-likeness (QED) is 0.219. The molecule has 0 fully saturated rings. The minimum absolute atomic E-state index is 0.0745. The first-order valence-corrected chi connectivity index (χ1v) is 10.0. The van der Waals surface area contributed by atoms with E-state index >= 15 is 0 Å². The van der Waals surface area contributed by atoms with Gasteiger partial charge in [-0.2, -0.15) is 5.26 Å². The number of halogens is 2. The van der Waals surface area contributed by atoms with E-state index < -0.39 is 11.9 Å². The van der Waals surface area contributed by atoms with Crippen molar-refractivity contribution in [1.29, 1.82) is 5.26 Å². The standard InChI is InChI=1S/C23H16Cl2N2O5/c24-17-5-8-21(20(25)11-17)31-14-22(28)32-18-6-3-15(4-7-18)10-16(12-26)23(29)27-13-19-2-1-9-30-19/h1-11H,13-14H2,(H,27,29)/b16-10+. The maximum Gasteiger partial charge on any atom is 0.349 e. The van der Waals surface area contributed by atoms with Crippen molar-refractivity contribution in [2.45, 2.75) is 6.54 Å². The fraction of sp³-hybridized carbons (Fsp3) is 0.0870. The number of nitriles is 1. The number of furan rings is 1. The molecule has 0 saturated heterocycles. The highest BCUT2D eigenvalue weighted by Gasteiger charge is 2.11. The van der Waals surface area contributed by atoms with E-state index in [1.54, 1.807) is 36.4 Å². The molecule has 0 aliphatic carbocycles. The summed E-state index contributed by atoms with van der Waals surface area (Å²) in [7, 11) is 0. The number of benzene rings is 2. The maximum absolute atomic E-state index is 12.2. The minimum atomic E-state index is -0.630. The summed E-state index contributed by atoms with van der Waals surface area (Å²) in [5.41, 5.74) is 0.508. The molecule has 0 atom stereocenters. The van der Waals surface area contributed by atoms with E-state index in [1.165, 1.54) is 30.5 Å². The first-order valence-electron chi connectivity index (χ1n) is 9.25. The van der Waals surface area contributed by atoms with E-state index in [9.17, 15) is 14.9 Å². The van der Waals surface area contributed by atoms with Crippen LogP contribution in [0, 0.1) is 11.3 Å². The molecule has 0 unspecified atom stereocenters. The van der Waals surface area contributed by atoms with Crippen LogP contribution in [0.15, 0.2) is 70.9 Å². The fourth-order valence-electron chi connectivity index (χ4n) is 2.51. The molecular formula is C23H16Cl2N2O5. The summed E-state index contributed by atoms with van der Waals surface area (Å²) in [6.45, 7) is -0.180. The number of amides is 1. The molecule has 1 aromatic heterocycles. The van der Waals surface area contributed by atoms with Crippen LogP contribution in [-0.2, 0) is 16.1 Å². The van der Waals surface area contributed by atoms with Crippen LogP contribution in [0.4, 0.5) is 0 Å². The minimum Gasteiger partial charge on any atom is -0.480 e. The molecule has 32 heavy (non-hydrogen) atoms. The van der Waals surface area contributed by atoms with Crippen molar-refractivity contribution < 1.29 is 23.5 Å². The van der Waals surface area contributed by atoms with Crippen molar-refractivity contribution in [3.8, 4) is 17.6 Å². The van der Waals surface area contributed by atoms with Gasteiger partial charge in [0, 0.05) is 5.02 Å². The normalized spacial score (nSPS) is 10.8. The van der Waals surface area contributed by atoms with Crippen molar-refractivity contribution >= 4 is 41.2 Å². The van der Waals surface area contributed by atoms with Gasteiger partial charge in [-0.05, 0) is 54.1 Å². The summed E-state index contributed by atoms with van der Waals surface area (Å²) < 4.78 is 15.7. The molecule has 2 aromatic carbocycles. The average molecular weight is 471 g/mol. The Balaban J connectivity index is 1.54. The van der Waals surface area contributed by atoms with Crippen molar-refractivity contribution in [3.63, 3.8) is 0 Å². The summed E-state index contributed by atoms with van der Waals surface area (Å²) in [6, 6.07) is 16.2.